The molecule has 0 radical (unpaired) electrons. The normalized spacial score (nSPS) is 13.7. The summed E-state index contributed by atoms with van der Waals surface area (Å²) in [6.45, 7) is 6.86. The molecule has 0 aromatic heterocycles. The van der Waals surface area contributed by atoms with Crippen molar-refractivity contribution in [3.63, 3.8) is 0 Å². The lowest BCUT2D eigenvalue weighted by molar-refractivity contribution is -0.119. The Kier molecular flexibility index (Phi) is 5.38. The van der Waals surface area contributed by atoms with E-state index >= 15 is 0 Å². The van der Waals surface area contributed by atoms with Crippen LogP contribution in [0.3, 0.4) is 0 Å². The highest BCUT2D eigenvalue weighted by atomic mass is 28.3. The van der Waals surface area contributed by atoms with Crippen LogP contribution in [-0.4, -0.2) is 21.1 Å². The van der Waals surface area contributed by atoms with Gasteiger partial charge in [0, 0.05) is 12.0 Å². The molecule has 0 saturated heterocycles. The molecule has 0 atom stereocenters. The highest BCUT2D eigenvalue weighted by Gasteiger charge is 2.29. The number of fused-ring (bicyclic) bond motifs is 1. The van der Waals surface area contributed by atoms with E-state index in [4.69, 9.17) is 4.74 Å². The summed E-state index contributed by atoms with van der Waals surface area (Å²) in [5.41, 5.74) is 6.33. The maximum atomic E-state index is 14.7. The Labute approximate surface area is 161 Å². The first-order valence-electron chi connectivity index (χ1n) is 9.06. The average Bonchev–Trinajstić information content (AvgIpc) is 2.63. The molecule has 3 nitrogen and oxygen atoms in total. The molecule has 3 rings (SSSR count). The molecule has 1 heterocycles. The lowest BCUT2D eigenvalue weighted by atomic mass is 9.95. The molecule has 0 bridgehead atoms. The Hall–Kier alpha value is -2.58. The first-order valence-corrected chi connectivity index (χ1v) is 12.6. The Balaban J connectivity index is 2.00. The lowest BCUT2D eigenvalue weighted by Gasteiger charge is -2.30. The number of hydrogen-bond acceptors (Lipinski definition) is 2. The number of methoxy groups -OCH3 is 1. The molecule has 0 spiro atoms. The zero-order chi connectivity index (χ0) is 19.6. The summed E-state index contributed by atoms with van der Waals surface area (Å²) in [4.78, 5) is 14.1. The standard InChI is InChI=1S/C22H24FNO2Si/c1-26-18-8-5-16(6-9-18)15-24-21(25)12-10-19-17(13-14-27(2,3)4)7-11-20(23)22(19)24/h5-9,11H,10,12,15H2,1-4H3. The summed E-state index contributed by atoms with van der Waals surface area (Å²) in [5, 5.41) is 0. The minimum absolute atomic E-state index is 0.0625. The van der Waals surface area contributed by atoms with Gasteiger partial charge in [0.05, 0.1) is 19.3 Å². The zero-order valence-electron chi connectivity index (χ0n) is 16.2. The maximum absolute atomic E-state index is 14.7. The first kappa shape index (κ1) is 19.2. The molecule has 2 aromatic carbocycles. The van der Waals surface area contributed by atoms with Crippen LogP contribution in [0.4, 0.5) is 10.1 Å². The van der Waals surface area contributed by atoms with E-state index in [0.717, 1.165) is 22.4 Å². The molecule has 0 unspecified atom stereocenters. The van der Waals surface area contributed by atoms with Gasteiger partial charge in [-0.3, -0.25) is 4.79 Å². The van der Waals surface area contributed by atoms with E-state index in [-0.39, 0.29) is 11.7 Å². The number of carbonyl (C=O) groups excluding carboxylic acids is 1. The molecule has 2 aromatic rings. The van der Waals surface area contributed by atoms with E-state index < -0.39 is 8.07 Å². The molecular weight excluding hydrogens is 357 g/mol. The van der Waals surface area contributed by atoms with Crippen molar-refractivity contribution in [1.82, 2.24) is 0 Å². The number of amides is 1. The predicted molar refractivity (Wildman–Crippen MR) is 109 cm³/mol. The van der Waals surface area contributed by atoms with E-state index in [2.05, 4.69) is 31.1 Å². The zero-order valence-corrected chi connectivity index (χ0v) is 17.2. The van der Waals surface area contributed by atoms with Gasteiger partial charge >= 0.3 is 0 Å². The van der Waals surface area contributed by atoms with Gasteiger partial charge in [0.25, 0.3) is 0 Å². The minimum Gasteiger partial charge on any atom is -0.497 e. The molecule has 1 aliphatic heterocycles. The van der Waals surface area contributed by atoms with Gasteiger partial charge in [-0.05, 0) is 41.8 Å². The highest BCUT2D eigenvalue weighted by molar-refractivity contribution is 6.83. The van der Waals surface area contributed by atoms with Crippen molar-refractivity contribution in [2.24, 2.45) is 0 Å². The van der Waals surface area contributed by atoms with Gasteiger partial charge in [-0.2, -0.15) is 0 Å². The summed E-state index contributed by atoms with van der Waals surface area (Å²) in [6, 6.07) is 10.6. The molecule has 5 heteroatoms. The van der Waals surface area contributed by atoms with Crippen LogP contribution in [-0.2, 0) is 17.8 Å². The van der Waals surface area contributed by atoms with E-state index in [9.17, 15) is 9.18 Å². The summed E-state index contributed by atoms with van der Waals surface area (Å²) in [5.74, 6) is 3.56. The van der Waals surface area contributed by atoms with Crippen LogP contribution in [0.2, 0.25) is 19.6 Å². The number of nitrogens with zero attached hydrogens (tertiary/aromatic N) is 1. The fraction of sp³-hybridized carbons (Fsp3) is 0.318. The van der Waals surface area contributed by atoms with Crippen molar-refractivity contribution in [3.05, 3.63) is 58.9 Å². The Morgan fingerprint density at radius 2 is 1.81 bits per heavy atom. The number of benzene rings is 2. The van der Waals surface area contributed by atoms with E-state index in [1.54, 1.807) is 18.1 Å². The fourth-order valence-electron chi connectivity index (χ4n) is 3.10. The van der Waals surface area contributed by atoms with E-state index in [1.807, 2.05) is 24.3 Å². The van der Waals surface area contributed by atoms with Gasteiger partial charge in [0.2, 0.25) is 5.91 Å². The van der Waals surface area contributed by atoms with E-state index in [0.29, 0.717) is 25.1 Å². The second-order valence-electron chi connectivity index (χ2n) is 7.75. The fourth-order valence-corrected chi connectivity index (χ4v) is 3.61. The van der Waals surface area contributed by atoms with Crippen molar-refractivity contribution in [3.8, 4) is 17.2 Å². The van der Waals surface area contributed by atoms with Crippen LogP contribution in [0.15, 0.2) is 36.4 Å². The van der Waals surface area contributed by atoms with E-state index in [1.165, 1.54) is 6.07 Å². The van der Waals surface area contributed by atoms with Crippen LogP contribution in [0, 0.1) is 17.3 Å². The monoisotopic (exact) mass is 381 g/mol. The summed E-state index contributed by atoms with van der Waals surface area (Å²) in [7, 11) is 0.0623. The van der Waals surface area contributed by atoms with Gasteiger partial charge in [-0.15, -0.1) is 5.54 Å². The summed E-state index contributed by atoms with van der Waals surface area (Å²) >= 11 is 0. The molecular formula is C22H24FNO2Si. The highest BCUT2D eigenvalue weighted by Crippen LogP contribution is 2.34. The average molecular weight is 382 g/mol. The van der Waals surface area contributed by atoms with Crippen molar-refractivity contribution < 1.29 is 13.9 Å². The van der Waals surface area contributed by atoms with Crippen LogP contribution in [0.25, 0.3) is 0 Å². The summed E-state index contributed by atoms with van der Waals surface area (Å²) < 4.78 is 19.9. The molecule has 27 heavy (non-hydrogen) atoms. The van der Waals surface area contributed by atoms with Crippen molar-refractivity contribution >= 4 is 19.7 Å². The molecule has 1 aliphatic rings. The van der Waals surface area contributed by atoms with Crippen molar-refractivity contribution in [2.45, 2.75) is 39.0 Å². The second kappa shape index (κ2) is 7.57. The quantitative estimate of drug-likeness (QED) is 0.577. The first-order chi connectivity index (χ1) is 12.8. The van der Waals surface area contributed by atoms with Gasteiger partial charge in [-0.1, -0.05) is 37.7 Å². The van der Waals surface area contributed by atoms with Gasteiger partial charge in [0.1, 0.15) is 19.6 Å². The van der Waals surface area contributed by atoms with Gasteiger partial charge in [-0.25, -0.2) is 4.39 Å². The molecule has 0 saturated carbocycles. The molecule has 0 fully saturated rings. The molecule has 0 aliphatic carbocycles. The number of halogens is 1. The van der Waals surface area contributed by atoms with Crippen molar-refractivity contribution in [1.29, 1.82) is 0 Å². The maximum Gasteiger partial charge on any atom is 0.227 e. The van der Waals surface area contributed by atoms with Gasteiger partial charge < -0.3 is 9.64 Å². The Bertz CT molecular complexity index is 920. The van der Waals surface area contributed by atoms with Crippen LogP contribution >= 0.6 is 0 Å². The number of carbonyl (C=O) groups is 1. The number of rotatable bonds is 3. The number of anilines is 1. The van der Waals surface area contributed by atoms with Crippen molar-refractivity contribution in [2.75, 3.05) is 12.0 Å². The van der Waals surface area contributed by atoms with Crippen LogP contribution in [0.1, 0.15) is 23.1 Å². The SMILES string of the molecule is COc1ccc(CN2C(=O)CCc3c(C#C[Si](C)(C)C)ccc(F)c32)cc1. The smallest absolute Gasteiger partial charge is 0.227 e. The Morgan fingerprint density at radius 3 is 2.44 bits per heavy atom. The number of ether oxygens (including phenoxy) is 1. The third kappa shape index (κ3) is 4.40. The van der Waals surface area contributed by atoms with Crippen LogP contribution < -0.4 is 9.64 Å². The van der Waals surface area contributed by atoms with Gasteiger partial charge in [0.15, 0.2) is 0 Å². The van der Waals surface area contributed by atoms with Crippen LogP contribution in [0.5, 0.6) is 5.75 Å². The molecule has 140 valence electrons. The summed E-state index contributed by atoms with van der Waals surface area (Å²) in [6.07, 6.45) is 0.898. The third-order valence-electron chi connectivity index (χ3n) is 4.47. The second-order valence-corrected chi connectivity index (χ2v) is 12.5. The number of hydrogen-bond donors (Lipinski definition) is 0. The lowest BCUT2D eigenvalue weighted by Crippen LogP contribution is -2.35. The minimum atomic E-state index is -1.55. The topological polar surface area (TPSA) is 29.5 Å². The largest absolute Gasteiger partial charge is 0.497 e. The third-order valence-corrected chi connectivity index (χ3v) is 5.34. The molecule has 0 N–H and O–H groups in total. The Morgan fingerprint density at radius 1 is 1.11 bits per heavy atom. The predicted octanol–water partition coefficient (Wildman–Crippen LogP) is 4.54. The molecule has 1 amide bonds.